The lowest BCUT2D eigenvalue weighted by molar-refractivity contribution is -0.140. The summed E-state index contributed by atoms with van der Waals surface area (Å²) in [6.45, 7) is 4.55. The maximum Gasteiger partial charge on any atom is 0.242 e. The average Bonchev–Trinajstić information content (AvgIpc) is 2.66. The Hall–Kier alpha value is -2.33. The van der Waals surface area contributed by atoms with E-state index in [2.05, 4.69) is 5.32 Å². The Morgan fingerprint density at radius 2 is 1.69 bits per heavy atom. The Bertz CT molecular complexity index is 717. The highest BCUT2D eigenvalue weighted by Gasteiger charge is 2.25. The van der Waals surface area contributed by atoms with E-state index in [4.69, 9.17) is 11.6 Å². The molecular weight excluding hydrogens is 348 g/mol. The van der Waals surface area contributed by atoms with Crippen LogP contribution in [0.25, 0.3) is 0 Å². The second-order valence-electron chi connectivity index (χ2n) is 6.28. The fourth-order valence-electron chi connectivity index (χ4n) is 2.66. The molecule has 0 aliphatic carbocycles. The summed E-state index contributed by atoms with van der Waals surface area (Å²) in [5.74, 6) is -0.183. The average molecular weight is 373 g/mol. The third kappa shape index (κ3) is 5.88. The maximum absolute atomic E-state index is 12.6. The summed E-state index contributed by atoms with van der Waals surface area (Å²) in [6.07, 6.45) is 1.16. The molecule has 0 spiro atoms. The van der Waals surface area contributed by atoms with Crippen molar-refractivity contribution in [3.8, 4) is 0 Å². The van der Waals surface area contributed by atoms with Gasteiger partial charge in [-0.1, -0.05) is 61.0 Å². The Labute approximate surface area is 160 Å². The van der Waals surface area contributed by atoms with Gasteiger partial charge in [0.1, 0.15) is 6.04 Å². The van der Waals surface area contributed by atoms with Crippen LogP contribution in [0, 0.1) is 0 Å². The van der Waals surface area contributed by atoms with E-state index in [0.29, 0.717) is 24.5 Å². The van der Waals surface area contributed by atoms with Crippen molar-refractivity contribution in [2.24, 2.45) is 0 Å². The molecule has 1 atom stereocenters. The van der Waals surface area contributed by atoms with Crippen LogP contribution in [0.15, 0.2) is 54.6 Å². The molecule has 4 nitrogen and oxygen atoms in total. The van der Waals surface area contributed by atoms with Crippen molar-refractivity contribution in [1.29, 1.82) is 0 Å². The van der Waals surface area contributed by atoms with Gasteiger partial charge in [-0.25, -0.2) is 0 Å². The van der Waals surface area contributed by atoms with Crippen molar-refractivity contribution in [2.45, 2.75) is 45.8 Å². The Kier molecular flexibility index (Phi) is 7.67. The molecular formula is C21H25ClN2O2. The van der Waals surface area contributed by atoms with Gasteiger partial charge in [0.15, 0.2) is 0 Å². The van der Waals surface area contributed by atoms with E-state index in [-0.39, 0.29) is 11.8 Å². The van der Waals surface area contributed by atoms with Crippen molar-refractivity contribution in [3.05, 3.63) is 70.7 Å². The van der Waals surface area contributed by atoms with E-state index < -0.39 is 6.04 Å². The number of halogens is 1. The van der Waals surface area contributed by atoms with Crippen LogP contribution < -0.4 is 5.32 Å². The van der Waals surface area contributed by atoms with Gasteiger partial charge in [0.05, 0.1) is 0 Å². The van der Waals surface area contributed by atoms with E-state index in [1.54, 1.807) is 24.0 Å². The third-order valence-electron chi connectivity index (χ3n) is 4.21. The summed E-state index contributed by atoms with van der Waals surface area (Å²) in [5, 5.41) is 3.56. The molecule has 0 saturated heterocycles. The number of nitrogens with one attached hydrogen (secondary N) is 1. The largest absolute Gasteiger partial charge is 0.350 e. The van der Waals surface area contributed by atoms with Gasteiger partial charge in [-0.15, -0.1) is 0 Å². The van der Waals surface area contributed by atoms with Crippen LogP contribution in [0.5, 0.6) is 0 Å². The van der Waals surface area contributed by atoms with E-state index in [1.165, 1.54) is 0 Å². The van der Waals surface area contributed by atoms with Crippen LogP contribution in [0.1, 0.15) is 37.8 Å². The first-order chi connectivity index (χ1) is 12.5. The molecule has 2 aromatic carbocycles. The lowest BCUT2D eigenvalue weighted by atomic mass is 10.1. The summed E-state index contributed by atoms with van der Waals surface area (Å²) < 4.78 is 0. The number of hydrogen-bond donors (Lipinski definition) is 1. The fraction of sp³-hybridized carbons (Fsp3) is 0.333. The molecule has 0 heterocycles. The predicted octanol–water partition coefficient (Wildman–Crippen LogP) is 4.17. The molecule has 0 saturated carbocycles. The van der Waals surface area contributed by atoms with E-state index in [1.807, 2.05) is 49.4 Å². The van der Waals surface area contributed by atoms with Crippen LogP contribution in [0.3, 0.4) is 0 Å². The van der Waals surface area contributed by atoms with Crippen LogP contribution >= 0.6 is 11.6 Å². The first-order valence-electron chi connectivity index (χ1n) is 8.86. The topological polar surface area (TPSA) is 49.4 Å². The molecule has 5 heteroatoms. The van der Waals surface area contributed by atoms with Gasteiger partial charge in [-0.05, 0) is 36.6 Å². The van der Waals surface area contributed by atoms with E-state index in [0.717, 1.165) is 17.5 Å². The molecule has 0 aromatic heterocycles. The molecule has 138 valence electrons. The minimum Gasteiger partial charge on any atom is -0.350 e. The summed E-state index contributed by atoms with van der Waals surface area (Å²) in [6, 6.07) is 16.5. The SMILES string of the molecule is CCCC(=O)N(Cc1ccc(Cl)cc1)[C@H](C)C(=O)NCc1ccccc1. The predicted molar refractivity (Wildman–Crippen MR) is 105 cm³/mol. The number of amides is 2. The lowest BCUT2D eigenvalue weighted by Gasteiger charge is -2.29. The quantitative estimate of drug-likeness (QED) is 0.755. The number of nitrogens with zero attached hydrogens (tertiary/aromatic N) is 1. The van der Waals surface area contributed by atoms with Crippen molar-refractivity contribution in [3.63, 3.8) is 0 Å². The van der Waals surface area contributed by atoms with Gasteiger partial charge in [0, 0.05) is 24.5 Å². The second-order valence-corrected chi connectivity index (χ2v) is 6.71. The zero-order valence-corrected chi connectivity index (χ0v) is 16.0. The van der Waals surface area contributed by atoms with Gasteiger partial charge in [-0.3, -0.25) is 9.59 Å². The van der Waals surface area contributed by atoms with Crippen molar-refractivity contribution < 1.29 is 9.59 Å². The Balaban J connectivity index is 2.05. The van der Waals surface area contributed by atoms with Gasteiger partial charge < -0.3 is 10.2 Å². The number of carbonyl (C=O) groups excluding carboxylic acids is 2. The lowest BCUT2D eigenvalue weighted by Crippen LogP contribution is -2.47. The van der Waals surface area contributed by atoms with Crippen molar-refractivity contribution in [1.82, 2.24) is 10.2 Å². The minimum absolute atomic E-state index is 0.0233. The molecule has 0 radical (unpaired) electrons. The molecule has 0 aliphatic heterocycles. The molecule has 26 heavy (non-hydrogen) atoms. The maximum atomic E-state index is 12.6. The van der Waals surface area contributed by atoms with Gasteiger partial charge >= 0.3 is 0 Å². The number of benzene rings is 2. The Morgan fingerprint density at radius 3 is 2.31 bits per heavy atom. The standard InChI is InChI=1S/C21H25ClN2O2/c1-3-7-20(25)24(15-18-10-12-19(22)13-11-18)16(2)21(26)23-14-17-8-5-4-6-9-17/h4-6,8-13,16H,3,7,14-15H2,1-2H3,(H,23,26)/t16-/m1/s1. The fourth-order valence-corrected chi connectivity index (χ4v) is 2.79. The van der Waals surface area contributed by atoms with Crippen LogP contribution in [-0.2, 0) is 22.7 Å². The highest BCUT2D eigenvalue weighted by molar-refractivity contribution is 6.30. The van der Waals surface area contributed by atoms with Crippen molar-refractivity contribution >= 4 is 23.4 Å². The first-order valence-corrected chi connectivity index (χ1v) is 9.24. The number of hydrogen-bond acceptors (Lipinski definition) is 2. The molecule has 0 bridgehead atoms. The normalized spacial score (nSPS) is 11.7. The minimum atomic E-state index is -0.548. The summed E-state index contributed by atoms with van der Waals surface area (Å²) in [7, 11) is 0. The third-order valence-corrected chi connectivity index (χ3v) is 4.46. The molecule has 0 unspecified atom stereocenters. The van der Waals surface area contributed by atoms with E-state index >= 15 is 0 Å². The summed E-state index contributed by atoms with van der Waals surface area (Å²) in [5.41, 5.74) is 1.97. The second kappa shape index (κ2) is 9.97. The molecule has 2 rings (SSSR count). The zero-order valence-electron chi connectivity index (χ0n) is 15.2. The molecule has 2 aromatic rings. The zero-order chi connectivity index (χ0) is 18.9. The van der Waals surface area contributed by atoms with Gasteiger partial charge in [0.2, 0.25) is 11.8 Å². The highest BCUT2D eigenvalue weighted by atomic mass is 35.5. The van der Waals surface area contributed by atoms with Crippen LogP contribution in [0.4, 0.5) is 0 Å². The van der Waals surface area contributed by atoms with Crippen molar-refractivity contribution in [2.75, 3.05) is 0 Å². The van der Waals surface area contributed by atoms with Crippen LogP contribution in [0.2, 0.25) is 5.02 Å². The molecule has 1 N–H and O–H groups in total. The number of carbonyl (C=O) groups is 2. The Morgan fingerprint density at radius 1 is 1.04 bits per heavy atom. The van der Waals surface area contributed by atoms with Gasteiger partial charge in [0.25, 0.3) is 0 Å². The molecule has 0 aliphatic rings. The smallest absolute Gasteiger partial charge is 0.242 e. The van der Waals surface area contributed by atoms with Crippen LogP contribution in [-0.4, -0.2) is 22.8 Å². The van der Waals surface area contributed by atoms with Gasteiger partial charge in [-0.2, -0.15) is 0 Å². The number of rotatable bonds is 8. The monoisotopic (exact) mass is 372 g/mol. The summed E-state index contributed by atoms with van der Waals surface area (Å²) >= 11 is 5.93. The molecule has 2 amide bonds. The highest BCUT2D eigenvalue weighted by Crippen LogP contribution is 2.15. The van der Waals surface area contributed by atoms with E-state index in [9.17, 15) is 9.59 Å². The summed E-state index contributed by atoms with van der Waals surface area (Å²) in [4.78, 5) is 26.8. The molecule has 0 fully saturated rings. The first kappa shape index (κ1) is 20.0.